The molecule has 0 spiro atoms. The molecule has 0 radical (unpaired) electrons. The SMILES string of the molecule is COc1nc2c(C3=C=C(C(F)(F)F)C3)nc(C3CCOC(c4ccc(=O)n(C)c4)C3)nc2nc1C. The highest BCUT2D eigenvalue weighted by Gasteiger charge is 2.39. The number of aryl methyl sites for hydroxylation is 2. The van der Waals surface area contributed by atoms with Crippen LogP contribution in [0.2, 0.25) is 0 Å². The summed E-state index contributed by atoms with van der Waals surface area (Å²) in [5.41, 5.74) is 4.11. The van der Waals surface area contributed by atoms with Crippen molar-refractivity contribution in [2.45, 2.75) is 44.4 Å². The molecule has 1 aliphatic heterocycles. The minimum atomic E-state index is -4.43. The Kier molecular flexibility index (Phi) is 5.69. The molecule has 2 unspecified atom stereocenters. The van der Waals surface area contributed by atoms with Gasteiger partial charge in [0.1, 0.15) is 22.7 Å². The molecule has 1 fully saturated rings. The summed E-state index contributed by atoms with van der Waals surface area (Å²) in [6, 6.07) is 3.23. The molecule has 0 aromatic carbocycles. The van der Waals surface area contributed by atoms with E-state index in [0.29, 0.717) is 42.2 Å². The molecule has 182 valence electrons. The number of nitrogens with zero attached hydrogens (tertiary/aromatic N) is 5. The summed E-state index contributed by atoms with van der Waals surface area (Å²) in [6.45, 7) is 2.17. The lowest BCUT2D eigenvalue weighted by Crippen LogP contribution is -2.23. The standard InChI is InChI=1S/C24H22F3N5O3/c1-12-23(34-3)30-20-19(15-8-16(9-15)24(25,26)27)29-21(31-22(20)28-12)13-6-7-35-17(10-13)14-4-5-18(33)32(2)11-14/h4-5,11,13,17H,6-8,10H2,1-3H3. The Labute approximate surface area is 198 Å². The third kappa shape index (κ3) is 4.33. The second-order valence-electron chi connectivity index (χ2n) is 8.67. The summed E-state index contributed by atoms with van der Waals surface area (Å²) >= 11 is 0. The monoisotopic (exact) mass is 485 g/mol. The first-order valence-electron chi connectivity index (χ1n) is 11.1. The summed E-state index contributed by atoms with van der Waals surface area (Å²) < 4.78 is 51.9. The predicted molar refractivity (Wildman–Crippen MR) is 120 cm³/mol. The van der Waals surface area contributed by atoms with Crippen LogP contribution in [0, 0.1) is 6.92 Å². The fraction of sp³-hybridized carbons (Fsp3) is 0.417. The molecule has 4 heterocycles. The zero-order valence-electron chi connectivity index (χ0n) is 19.3. The van der Waals surface area contributed by atoms with E-state index in [1.165, 1.54) is 17.7 Å². The molecule has 35 heavy (non-hydrogen) atoms. The van der Waals surface area contributed by atoms with Gasteiger partial charge < -0.3 is 14.0 Å². The van der Waals surface area contributed by atoms with Gasteiger partial charge in [-0.15, -0.1) is 5.73 Å². The molecule has 11 heteroatoms. The van der Waals surface area contributed by atoms with Crippen LogP contribution in [0.15, 0.2) is 34.4 Å². The molecule has 0 bridgehead atoms. The molecule has 2 atom stereocenters. The maximum absolute atomic E-state index is 13.1. The van der Waals surface area contributed by atoms with Crippen molar-refractivity contribution < 1.29 is 22.6 Å². The molecule has 0 amide bonds. The smallest absolute Gasteiger partial charge is 0.420 e. The van der Waals surface area contributed by atoms with E-state index in [1.54, 1.807) is 26.2 Å². The average Bonchev–Trinajstić information content (AvgIpc) is 2.78. The molecular formula is C24H22F3N5O3. The highest BCUT2D eigenvalue weighted by Crippen LogP contribution is 2.41. The van der Waals surface area contributed by atoms with Crippen LogP contribution in [0.4, 0.5) is 13.2 Å². The number of allylic oxidation sites excluding steroid dienone is 1. The second kappa shape index (κ2) is 8.58. The van der Waals surface area contributed by atoms with Gasteiger partial charge in [0.2, 0.25) is 11.4 Å². The van der Waals surface area contributed by atoms with Gasteiger partial charge in [-0.3, -0.25) is 4.79 Å². The molecule has 1 saturated heterocycles. The van der Waals surface area contributed by atoms with Crippen molar-refractivity contribution in [1.82, 2.24) is 24.5 Å². The minimum absolute atomic E-state index is 0.118. The van der Waals surface area contributed by atoms with Gasteiger partial charge in [-0.1, -0.05) is 0 Å². The maximum Gasteiger partial charge on any atom is 0.420 e. The van der Waals surface area contributed by atoms with Crippen molar-refractivity contribution >= 4 is 16.7 Å². The van der Waals surface area contributed by atoms with Gasteiger partial charge in [-0.05, 0) is 31.4 Å². The van der Waals surface area contributed by atoms with E-state index in [-0.39, 0.29) is 41.1 Å². The topological polar surface area (TPSA) is 92.0 Å². The number of aromatic nitrogens is 5. The summed E-state index contributed by atoms with van der Waals surface area (Å²) in [4.78, 5) is 30.0. The number of hydrogen-bond donors (Lipinski definition) is 0. The van der Waals surface area contributed by atoms with Crippen LogP contribution >= 0.6 is 0 Å². The van der Waals surface area contributed by atoms with Gasteiger partial charge in [0, 0.05) is 43.8 Å². The van der Waals surface area contributed by atoms with E-state index in [9.17, 15) is 18.0 Å². The number of methoxy groups -OCH3 is 1. The summed E-state index contributed by atoms with van der Waals surface area (Å²) in [5.74, 6) is 0.611. The zero-order chi connectivity index (χ0) is 24.9. The maximum atomic E-state index is 13.1. The van der Waals surface area contributed by atoms with Crippen LogP contribution in [0.1, 0.15) is 54.1 Å². The van der Waals surface area contributed by atoms with Gasteiger partial charge in [0.15, 0.2) is 5.65 Å². The van der Waals surface area contributed by atoms with Gasteiger partial charge in [-0.25, -0.2) is 19.9 Å². The Morgan fingerprint density at radius 2 is 1.97 bits per heavy atom. The number of halogens is 3. The van der Waals surface area contributed by atoms with Crippen molar-refractivity contribution in [1.29, 1.82) is 0 Å². The van der Waals surface area contributed by atoms with Gasteiger partial charge in [0.25, 0.3) is 0 Å². The van der Waals surface area contributed by atoms with Gasteiger partial charge in [0.05, 0.1) is 18.8 Å². The van der Waals surface area contributed by atoms with E-state index in [0.717, 1.165) is 5.56 Å². The lowest BCUT2D eigenvalue weighted by atomic mass is 9.90. The van der Waals surface area contributed by atoms with Crippen LogP contribution in [0.3, 0.4) is 0 Å². The molecule has 3 aromatic rings. The minimum Gasteiger partial charge on any atom is -0.480 e. The summed E-state index contributed by atoms with van der Waals surface area (Å²) in [7, 11) is 3.12. The number of rotatable bonds is 4. The highest BCUT2D eigenvalue weighted by atomic mass is 19.4. The van der Waals surface area contributed by atoms with Crippen LogP contribution in [-0.4, -0.2) is 44.4 Å². The number of pyridine rings is 1. The first-order chi connectivity index (χ1) is 16.6. The Bertz CT molecular complexity index is 1460. The van der Waals surface area contributed by atoms with Crippen molar-refractivity contribution in [2.24, 2.45) is 7.05 Å². The second-order valence-corrected chi connectivity index (χ2v) is 8.67. The molecule has 1 aliphatic carbocycles. The van der Waals surface area contributed by atoms with E-state index in [4.69, 9.17) is 9.47 Å². The van der Waals surface area contributed by atoms with Crippen molar-refractivity contribution in [3.8, 4) is 5.88 Å². The normalized spacial score (nSPS) is 20.3. The zero-order valence-corrected chi connectivity index (χ0v) is 19.3. The van der Waals surface area contributed by atoms with E-state index < -0.39 is 11.7 Å². The Morgan fingerprint density at radius 1 is 1.20 bits per heavy atom. The van der Waals surface area contributed by atoms with Crippen LogP contribution in [0.25, 0.3) is 16.7 Å². The first kappa shape index (κ1) is 23.2. The molecule has 2 aliphatic rings. The Hall–Kier alpha value is -3.56. The Balaban J connectivity index is 1.58. The number of alkyl halides is 3. The van der Waals surface area contributed by atoms with Crippen LogP contribution in [0.5, 0.6) is 5.88 Å². The molecule has 5 rings (SSSR count). The Morgan fingerprint density at radius 3 is 2.66 bits per heavy atom. The van der Waals surface area contributed by atoms with E-state index in [2.05, 4.69) is 25.7 Å². The van der Waals surface area contributed by atoms with Crippen LogP contribution in [-0.2, 0) is 11.8 Å². The average molecular weight is 485 g/mol. The lowest BCUT2D eigenvalue weighted by Gasteiger charge is -2.29. The highest BCUT2D eigenvalue weighted by molar-refractivity contribution is 5.87. The molecule has 0 saturated carbocycles. The van der Waals surface area contributed by atoms with Crippen molar-refractivity contribution in [2.75, 3.05) is 13.7 Å². The van der Waals surface area contributed by atoms with E-state index in [1.807, 2.05) is 0 Å². The fourth-order valence-electron chi connectivity index (χ4n) is 4.34. The van der Waals surface area contributed by atoms with Crippen molar-refractivity contribution in [3.63, 3.8) is 0 Å². The molecule has 8 nitrogen and oxygen atoms in total. The number of fused-ring (bicyclic) bond motifs is 1. The number of ether oxygens (including phenoxy) is 2. The largest absolute Gasteiger partial charge is 0.480 e. The fourth-order valence-corrected chi connectivity index (χ4v) is 4.34. The van der Waals surface area contributed by atoms with Crippen LogP contribution < -0.4 is 10.3 Å². The third-order valence-corrected chi connectivity index (χ3v) is 6.29. The predicted octanol–water partition coefficient (Wildman–Crippen LogP) is 3.95. The lowest BCUT2D eigenvalue weighted by molar-refractivity contribution is -0.0934. The van der Waals surface area contributed by atoms with Gasteiger partial charge in [-0.2, -0.15) is 13.2 Å². The molecular weight excluding hydrogens is 463 g/mol. The number of hydrogen-bond acceptors (Lipinski definition) is 7. The van der Waals surface area contributed by atoms with Crippen molar-refractivity contribution in [3.05, 3.63) is 62.8 Å². The first-order valence-corrected chi connectivity index (χ1v) is 11.1. The quantitative estimate of drug-likeness (QED) is 0.517. The van der Waals surface area contributed by atoms with E-state index >= 15 is 0 Å². The molecule has 0 N–H and O–H groups in total. The summed E-state index contributed by atoms with van der Waals surface area (Å²) in [5, 5.41) is 0. The summed E-state index contributed by atoms with van der Waals surface area (Å²) in [6.07, 6.45) is -2.08. The molecule has 3 aromatic heterocycles. The third-order valence-electron chi connectivity index (χ3n) is 6.29. The van der Waals surface area contributed by atoms with Gasteiger partial charge >= 0.3 is 6.18 Å².